The fraction of sp³-hybridized carbons (Fsp3) is 0.308. The zero-order valence-electron chi connectivity index (χ0n) is 20.9. The minimum Gasteiger partial charge on any atom is -0.496 e. The van der Waals surface area contributed by atoms with Crippen molar-refractivity contribution in [2.24, 2.45) is 0 Å². The molecule has 3 amide bonds. The van der Waals surface area contributed by atoms with Crippen LogP contribution in [0.15, 0.2) is 59.5 Å². The van der Waals surface area contributed by atoms with E-state index in [4.69, 9.17) is 19.0 Å². The Bertz CT molecular complexity index is 1210. The van der Waals surface area contributed by atoms with E-state index < -0.39 is 17.4 Å². The van der Waals surface area contributed by atoms with Gasteiger partial charge in [-0.3, -0.25) is 14.4 Å². The number of methoxy groups -OCH3 is 1. The predicted octanol–water partition coefficient (Wildman–Crippen LogP) is 2.37. The number of hydrogen-bond donors (Lipinski definition) is 4. The highest BCUT2D eigenvalue weighted by Gasteiger charge is 2.25. The average molecular weight is 511 g/mol. The molecule has 4 N–H and O–H groups in total. The molecule has 0 aliphatic rings. The number of hydrogen-bond acceptors (Lipinski definition) is 8. The number of anilines is 1. The first-order valence-electron chi connectivity index (χ1n) is 11.5. The van der Waals surface area contributed by atoms with Gasteiger partial charge in [-0.15, -0.1) is 0 Å². The number of benzene rings is 2. The van der Waals surface area contributed by atoms with Gasteiger partial charge in [0.15, 0.2) is 12.2 Å². The lowest BCUT2D eigenvalue weighted by molar-refractivity contribution is -0.137. The van der Waals surface area contributed by atoms with E-state index in [2.05, 4.69) is 20.9 Å². The molecule has 0 radical (unpaired) electrons. The lowest BCUT2D eigenvalue weighted by Crippen LogP contribution is -2.48. The summed E-state index contributed by atoms with van der Waals surface area (Å²) in [6, 6.07) is 11.5. The second-order valence-electron chi connectivity index (χ2n) is 8.68. The van der Waals surface area contributed by atoms with E-state index >= 15 is 0 Å². The van der Waals surface area contributed by atoms with Gasteiger partial charge in [-0.05, 0) is 50.2 Å². The van der Waals surface area contributed by atoms with Crippen molar-refractivity contribution in [3.63, 3.8) is 0 Å². The van der Waals surface area contributed by atoms with Gasteiger partial charge in [0, 0.05) is 35.8 Å². The molecule has 2 aromatic carbocycles. The first kappa shape index (κ1) is 27.2. The number of aromatic nitrogens is 1. The topological polar surface area (TPSA) is 152 Å². The summed E-state index contributed by atoms with van der Waals surface area (Å²) in [7, 11) is 1.49. The number of ether oxygens (including phenoxy) is 2. The van der Waals surface area contributed by atoms with E-state index in [9.17, 15) is 14.4 Å². The van der Waals surface area contributed by atoms with Crippen molar-refractivity contribution in [1.29, 1.82) is 0 Å². The maximum atomic E-state index is 12.5. The lowest BCUT2D eigenvalue weighted by Gasteiger charge is -2.26. The van der Waals surface area contributed by atoms with Gasteiger partial charge in [-0.25, -0.2) is 4.98 Å². The Labute approximate surface area is 214 Å². The molecule has 0 spiro atoms. The van der Waals surface area contributed by atoms with Crippen molar-refractivity contribution >= 4 is 23.4 Å². The number of rotatable bonds is 11. The molecule has 3 aromatic rings. The minimum absolute atomic E-state index is 0.132. The van der Waals surface area contributed by atoms with E-state index in [-0.39, 0.29) is 25.7 Å². The molecule has 0 saturated carbocycles. The highest BCUT2D eigenvalue weighted by atomic mass is 16.5. The molecule has 3 rings (SSSR count). The quantitative estimate of drug-likeness (QED) is 0.287. The fourth-order valence-corrected chi connectivity index (χ4v) is 3.33. The number of aliphatic hydroxyl groups excluding tert-OH is 1. The third-order valence-electron chi connectivity index (χ3n) is 5.32. The van der Waals surface area contributed by atoms with Crippen LogP contribution < -0.4 is 25.4 Å². The Kier molecular flexibility index (Phi) is 9.22. The SMILES string of the molecule is COc1cc(NC(=O)C(=O)NC(C)(C)CCOc2ccc(C(=O)NCCO)cc2)ccc1-c1cnco1. The van der Waals surface area contributed by atoms with Gasteiger partial charge < -0.3 is 34.9 Å². The van der Waals surface area contributed by atoms with Gasteiger partial charge in [0.1, 0.15) is 11.5 Å². The zero-order valence-corrected chi connectivity index (χ0v) is 20.9. The Balaban J connectivity index is 1.49. The van der Waals surface area contributed by atoms with Gasteiger partial charge in [0.25, 0.3) is 5.91 Å². The molecule has 0 fully saturated rings. The summed E-state index contributed by atoms with van der Waals surface area (Å²) in [6.45, 7) is 3.88. The summed E-state index contributed by atoms with van der Waals surface area (Å²) in [6.07, 6.45) is 3.27. The first-order chi connectivity index (χ1) is 17.7. The molecule has 11 nitrogen and oxygen atoms in total. The van der Waals surface area contributed by atoms with Crippen molar-refractivity contribution in [3.05, 3.63) is 60.6 Å². The Hall–Kier alpha value is -4.38. The molecule has 11 heteroatoms. The van der Waals surface area contributed by atoms with E-state index in [0.717, 1.165) is 0 Å². The highest BCUT2D eigenvalue weighted by molar-refractivity contribution is 6.39. The van der Waals surface area contributed by atoms with Crippen molar-refractivity contribution in [3.8, 4) is 22.8 Å². The normalized spacial score (nSPS) is 10.9. The molecule has 1 heterocycles. The summed E-state index contributed by atoms with van der Waals surface area (Å²) >= 11 is 0. The maximum Gasteiger partial charge on any atom is 0.313 e. The molecular weight excluding hydrogens is 480 g/mol. The van der Waals surface area contributed by atoms with E-state index in [1.165, 1.54) is 13.5 Å². The number of nitrogens with zero attached hydrogens (tertiary/aromatic N) is 1. The minimum atomic E-state index is -0.821. The molecular formula is C26H30N4O7. The standard InChI is InChI=1S/C26H30N4O7/c1-26(2,10-13-36-19-7-4-17(5-8-19)23(32)28-11-12-31)30-25(34)24(33)29-18-6-9-20(21(14-18)35-3)22-15-27-16-37-22/h4-9,14-16,31H,10-13H2,1-3H3,(H,28,32)(H,29,33)(H,30,34). The third kappa shape index (κ3) is 7.80. The number of carbonyl (C=O) groups is 3. The van der Waals surface area contributed by atoms with Crippen LogP contribution in [0.3, 0.4) is 0 Å². The lowest BCUT2D eigenvalue weighted by atomic mass is 10.0. The average Bonchev–Trinajstić information content (AvgIpc) is 3.42. The molecule has 0 aliphatic heterocycles. The van der Waals surface area contributed by atoms with E-state index in [1.54, 1.807) is 62.5 Å². The first-order valence-corrected chi connectivity index (χ1v) is 11.5. The summed E-state index contributed by atoms with van der Waals surface area (Å²) in [5, 5.41) is 16.6. The second-order valence-corrected chi connectivity index (χ2v) is 8.68. The van der Waals surface area contributed by atoms with Crippen LogP contribution in [-0.2, 0) is 9.59 Å². The predicted molar refractivity (Wildman–Crippen MR) is 135 cm³/mol. The monoisotopic (exact) mass is 510 g/mol. The molecule has 196 valence electrons. The Morgan fingerprint density at radius 3 is 2.49 bits per heavy atom. The number of aliphatic hydroxyl groups is 1. The summed E-state index contributed by atoms with van der Waals surface area (Å²) < 4.78 is 16.4. The van der Waals surface area contributed by atoms with Crippen LogP contribution in [-0.4, -0.2) is 60.2 Å². The van der Waals surface area contributed by atoms with Crippen LogP contribution >= 0.6 is 0 Å². The van der Waals surface area contributed by atoms with Crippen LogP contribution in [0.1, 0.15) is 30.6 Å². The van der Waals surface area contributed by atoms with Gasteiger partial charge in [-0.1, -0.05) is 0 Å². The van der Waals surface area contributed by atoms with Crippen molar-refractivity contribution in [2.75, 3.05) is 32.2 Å². The third-order valence-corrected chi connectivity index (χ3v) is 5.32. The highest BCUT2D eigenvalue weighted by Crippen LogP contribution is 2.32. The Morgan fingerprint density at radius 2 is 1.84 bits per heavy atom. The van der Waals surface area contributed by atoms with Gasteiger partial charge in [-0.2, -0.15) is 0 Å². The summed E-state index contributed by atoms with van der Waals surface area (Å²) in [5.74, 6) is -0.379. The van der Waals surface area contributed by atoms with Crippen LogP contribution in [0.25, 0.3) is 11.3 Å². The van der Waals surface area contributed by atoms with E-state index in [1.807, 2.05) is 0 Å². The van der Waals surface area contributed by atoms with Crippen LogP contribution in [0.4, 0.5) is 5.69 Å². The fourth-order valence-electron chi connectivity index (χ4n) is 3.33. The molecule has 0 unspecified atom stereocenters. The van der Waals surface area contributed by atoms with Gasteiger partial charge in [0.2, 0.25) is 0 Å². The molecule has 0 aliphatic carbocycles. The molecule has 1 aromatic heterocycles. The molecule has 37 heavy (non-hydrogen) atoms. The maximum absolute atomic E-state index is 12.5. The largest absolute Gasteiger partial charge is 0.496 e. The molecule has 0 saturated heterocycles. The number of carbonyl (C=O) groups excluding carboxylic acids is 3. The molecule has 0 bridgehead atoms. The summed E-state index contributed by atoms with van der Waals surface area (Å²) in [5.41, 5.74) is 0.759. The van der Waals surface area contributed by atoms with Crippen LogP contribution in [0.5, 0.6) is 11.5 Å². The zero-order chi connectivity index (χ0) is 26.8. The number of nitrogens with one attached hydrogen (secondary N) is 3. The Morgan fingerprint density at radius 1 is 1.08 bits per heavy atom. The second kappa shape index (κ2) is 12.5. The van der Waals surface area contributed by atoms with E-state index in [0.29, 0.717) is 40.5 Å². The smallest absolute Gasteiger partial charge is 0.313 e. The summed E-state index contributed by atoms with van der Waals surface area (Å²) in [4.78, 5) is 40.8. The van der Waals surface area contributed by atoms with Gasteiger partial charge >= 0.3 is 11.8 Å². The van der Waals surface area contributed by atoms with Crippen molar-refractivity contribution in [2.45, 2.75) is 25.8 Å². The van der Waals surface area contributed by atoms with Gasteiger partial charge in [0.05, 0.1) is 32.1 Å². The van der Waals surface area contributed by atoms with Crippen molar-refractivity contribution < 1.29 is 33.4 Å². The van der Waals surface area contributed by atoms with Crippen molar-refractivity contribution in [1.82, 2.24) is 15.6 Å². The number of oxazole rings is 1. The van der Waals surface area contributed by atoms with Crippen LogP contribution in [0.2, 0.25) is 0 Å². The van der Waals surface area contributed by atoms with Crippen LogP contribution in [0, 0.1) is 0 Å². The number of amides is 3. The molecule has 0 atom stereocenters.